The molecule has 6 heteroatoms. The summed E-state index contributed by atoms with van der Waals surface area (Å²) in [4.78, 5) is 36.3. The maximum absolute atomic E-state index is 12.3. The number of Topliss-reactive ketones (excluding diaryl/α,β-unsaturated/α-hetero) is 1. The minimum Gasteiger partial charge on any atom is -0.494 e. The number of amides is 2. The van der Waals surface area contributed by atoms with Crippen LogP contribution >= 0.6 is 0 Å². The van der Waals surface area contributed by atoms with Gasteiger partial charge in [-0.25, -0.2) is 0 Å². The van der Waals surface area contributed by atoms with E-state index < -0.39 is 0 Å². The highest BCUT2D eigenvalue weighted by Gasteiger charge is 2.20. The van der Waals surface area contributed by atoms with Crippen molar-refractivity contribution in [2.45, 2.75) is 71.1 Å². The van der Waals surface area contributed by atoms with Crippen molar-refractivity contribution in [3.63, 3.8) is 0 Å². The van der Waals surface area contributed by atoms with Gasteiger partial charge in [-0.05, 0) is 43.5 Å². The molecule has 0 aliphatic heterocycles. The second-order valence-corrected chi connectivity index (χ2v) is 7.98. The SMILES string of the molecule is CCCCCOc1ccc(C(=O)CCC(=O)NCCNC(=O)C2CCCCC2)cc1. The Balaban J connectivity index is 1.58. The van der Waals surface area contributed by atoms with Crippen LogP contribution in [0.25, 0.3) is 0 Å². The molecule has 0 bridgehead atoms. The van der Waals surface area contributed by atoms with Gasteiger partial charge in [0.1, 0.15) is 5.75 Å². The maximum Gasteiger partial charge on any atom is 0.223 e. The number of carbonyl (C=O) groups excluding carboxylic acids is 3. The minimum absolute atomic E-state index is 0.0618. The van der Waals surface area contributed by atoms with Gasteiger partial charge in [-0.1, -0.05) is 39.0 Å². The third-order valence-electron chi connectivity index (χ3n) is 5.49. The number of nitrogens with one attached hydrogen (secondary N) is 2. The smallest absolute Gasteiger partial charge is 0.223 e. The molecule has 0 spiro atoms. The molecule has 0 heterocycles. The topological polar surface area (TPSA) is 84.5 Å². The fourth-order valence-electron chi connectivity index (χ4n) is 3.64. The summed E-state index contributed by atoms with van der Waals surface area (Å²) in [5.41, 5.74) is 0.587. The van der Waals surface area contributed by atoms with Gasteiger partial charge in [0.05, 0.1) is 6.61 Å². The Bertz CT molecular complexity index is 666. The van der Waals surface area contributed by atoms with Gasteiger partial charge >= 0.3 is 0 Å². The molecule has 1 aromatic carbocycles. The normalized spacial score (nSPS) is 14.2. The largest absolute Gasteiger partial charge is 0.494 e. The Morgan fingerprint density at radius 2 is 1.63 bits per heavy atom. The van der Waals surface area contributed by atoms with Gasteiger partial charge in [0, 0.05) is 37.4 Å². The van der Waals surface area contributed by atoms with Crippen molar-refractivity contribution in [3.8, 4) is 5.75 Å². The molecule has 1 aliphatic carbocycles. The Morgan fingerprint density at radius 3 is 2.33 bits per heavy atom. The van der Waals surface area contributed by atoms with Crippen LogP contribution in [-0.2, 0) is 9.59 Å². The Morgan fingerprint density at radius 1 is 0.933 bits per heavy atom. The lowest BCUT2D eigenvalue weighted by Gasteiger charge is -2.20. The number of carbonyl (C=O) groups is 3. The third kappa shape index (κ3) is 8.97. The van der Waals surface area contributed by atoms with Crippen LogP contribution in [0.2, 0.25) is 0 Å². The lowest BCUT2D eigenvalue weighted by Crippen LogP contribution is -2.38. The summed E-state index contributed by atoms with van der Waals surface area (Å²) < 4.78 is 5.65. The fraction of sp³-hybridized carbons (Fsp3) is 0.625. The van der Waals surface area contributed by atoms with Crippen molar-refractivity contribution in [3.05, 3.63) is 29.8 Å². The number of ether oxygens (including phenoxy) is 1. The molecule has 1 fully saturated rings. The van der Waals surface area contributed by atoms with E-state index in [1.54, 1.807) is 24.3 Å². The van der Waals surface area contributed by atoms with Gasteiger partial charge in [0.25, 0.3) is 0 Å². The van der Waals surface area contributed by atoms with Gasteiger partial charge in [0.2, 0.25) is 11.8 Å². The lowest BCUT2D eigenvalue weighted by atomic mass is 9.89. The van der Waals surface area contributed by atoms with Crippen LogP contribution in [0.3, 0.4) is 0 Å². The molecule has 0 atom stereocenters. The van der Waals surface area contributed by atoms with E-state index in [2.05, 4.69) is 17.6 Å². The summed E-state index contributed by atoms with van der Waals surface area (Å²) in [6.07, 6.45) is 9.02. The molecule has 0 radical (unpaired) electrons. The molecule has 1 aromatic rings. The van der Waals surface area contributed by atoms with E-state index in [0.717, 1.165) is 50.7 Å². The summed E-state index contributed by atoms with van der Waals surface area (Å²) in [5.74, 6) is 0.743. The van der Waals surface area contributed by atoms with Crippen LogP contribution in [0.15, 0.2) is 24.3 Å². The Kier molecular flexibility index (Phi) is 11.0. The Hall–Kier alpha value is -2.37. The van der Waals surface area contributed by atoms with Gasteiger partial charge in [-0.3, -0.25) is 14.4 Å². The van der Waals surface area contributed by atoms with E-state index in [1.807, 2.05) is 0 Å². The van der Waals surface area contributed by atoms with Crippen molar-refractivity contribution >= 4 is 17.6 Å². The summed E-state index contributed by atoms with van der Waals surface area (Å²) >= 11 is 0. The molecular formula is C24H36N2O4. The number of benzene rings is 1. The second-order valence-electron chi connectivity index (χ2n) is 7.98. The van der Waals surface area contributed by atoms with Crippen LogP contribution in [0, 0.1) is 5.92 Å². The zero-order valence-corrected chi connectivity index (χ0v) is 18.2. The molecule has 0 aromatic heterocycles. The number of rotatable bonds is 13. The minimum atomic E-state index is -0.175. The fourth-order valence-corrected chi connectivity index (χ4v) is 3.64. The van der Waals surface area contributed by atoms with Crippen molar-refractivity contribution in [2.75, 3.05) is 19.7 Å². The molecule has 166 valence electrons. The van der Waals surface area contributed by atoms with Gasteiger partial charge in [-0.15, -0.1) is 0 Å². The average Bonchev–Trinajstić information content (AvgIpc) is 2.79. The molecule has 2 N–H and O–H groups in total. The molecule has 1 aliphatic rings. The summed E-state index contributed by atoms with van der Waals surface area (Å²) in [6.45, 7) is 3.64. The monoisotopic (exact) mass is 416 g/mol. The Labute approximate surface area is 180 Å². The van der Waals surface area contributed by atoms with E-state index in [0.29, 0.717) is 25.3 Å². The maximum atomic E-state index is 12.3. The molecule has 2 rings (SSSR count). The first kappa shape index (κ1) is 23.9. The summed E-state index contributed by atoms with van der Waals surface area (Å²) in [7, 11) is 0. The first-order valence-corrected chi connectivity index (χ1v) is 11.4. The summed E-state index contributed by atoms with van der Waals surface area (Å²) in [6, 6.07) is 7.09. The first-order chi connectivity index (χ1) is 14.6. The van der Waals surface area contributed by atoms with Gasteiger partial charge in [0.15, 0.2) is 5.78 Å². The van der Waals surface area contributed by atoms with Crippen molar-refractivity contribution in [1.82, 2.24) is 10.6 Å². The average molecular weight is 417 g/mol. The number of unbranched alkanes of at least 4 members (excludes halogenated alkanes) is 2. The van der Waals surface area contributed by atoms with E-state index in [1.165, 1.54) is 6.42 Å². The zero-order valence-electron chi connectivity index (χ0n) is 18.2. The first-order valence-electron chi connectivity index (χ1n) is 11.4. The van der Waals surface area contributed by atoms with Gasteiger partial charge < -0.3 is 15.4 Å². The van der Waals surface area contributed by atoms with Crippen LogP contribution in [0.4, 0.5) is 0 Å². The highest BCUT2D eigenvalue weighted by atomic mass is 16.5. The van der Waals surface area contributed by atoms with Crippen LogP contribution in [0.5, 0.6) is 5.75 Å². The second kappa shape index (κ2) is 13.8. The standard InChI is InChI=1S/C24H36N2O4/c1-2-3-7-18-30-21-12-10-19(11-13-21)22(27)14-15-23(28)25-16-17-26-24(29)20-8-5-4-6-9-20/h10-13,20H,2-9,14-18H2,1H3,(H,25,28)(H,26,29). The van der Waals surface area contributed by atoms with E-state index in [-0.39, 0.29) is 36.4 Å². The third-order valence-corrected chi connectivity index (χ3v) is 5.49. The summed E-state index contributed by atoms with van der Waals surface area (Å²) in [5, 5.41) is 5.66. The molecule has 2 amide bonds. The van der Waals surface area contributed by atoms with Crippen LogP contribution in [-0.4, -0.2) is 37.3 Å². The molecule has 0 saturated heterocycles. The predicted octanol–water partition coefficient (Wildman–Crippen LogP) is 4.03. The lowest BCUT2D eigenvalue weighted by molar-refractivity contribution is -0.126. The molecule has 0 unspecified atom stereocenters. The van der Waals surface area contributed by atoms with Crippen LogP contribution in [0.1, 0.15) is 81.5 Å². The van der Waals surface area contributed by atoms with E-state index >= 15 is 0 Å². The zero-order chi connectivity index (χ0) is 21.6. The highest BCUT2D eigenvalue weighted by molar-refractivity contribution is 5.98. The van der Waals surface area contributed by atoms with Gasteiger partial charge in [-0.2, -0.15) is 0 Å². The van der Waals surface area contributed by atoms with Crippen molar-refractivity contribution < 1.29 is 19.1 Å². The molecular weight excluding hydrogens is 380 g/mol. The predicted molar refractivity (Wildman–Crippen MR) is 118 cm³/mol. The highest BCUT2D eigenvalue weighted by Crippen LogP contribution is 2.23. The van der Waals surface area contributed by atoms with Crippen molar-refractivity contribution in [2.24, 2.45) is 5.92 Å². The quantitative estimate of drug-likeness (QED) is 0.376. The number of hydrogen-bond acceptors (Lipinski definition) is 4. The number of ketones is 1. The molecule has 30 heavy (non-hydrogen) atoms. The van der Waals surface area contributed by atoms with Crippen LogP contribution < -0.4 is 15.4 Å². The number of hydrogen-bond donors (Lipinski definition) is 2. The molecule has 6 nitrogen and oxygen atoms in total. The van der Waals surface area contributed by atoms with E-state index in [4.69, 9.17) is 4.74 Å². The molecule has 1 saturated carbocycles. The van der Waals surface area contributed by atoms with E-state index in [9.17, 15) is 14.4 Å². The van der Waals surface area contributed by atoms with Crippen molar-refractivity contribution in [1.29, 1.82) is 0 Å².